The number of rotatable bonds is 9. The predicted molar refractivity (Wildman–Crippen MR) is 105 cm³/mol. The van der Waals surface area contributed by atoms with Crippen molar-refractivity contribution in [3.8, 4) is 0 Å². The number of nitrogens with one attached hydrogen (secondary N) is 1. The van der Waals surface area contributed by atoms with Crippen LogP contribution >= 0.6 is 12.4 Å². The van der Waals surface area contributed by atoms with Crippen molar-refractivity contribution in [2.75, 3.05) is 32.8 Å². The van der Waals surface area contributed by atoms with Crippen LogP contribution < -0.4 is 5.32 Å². The molecule has 5 heteroatoms. The number of hydrogen-bond acceptors (Lipinski definition) is 4. The second-order valence-corrected chi connectivity index (χ2v) is 6.39. The molecule has 0 spiro atoms. The lowest BCUT2D eigenvalue weighted by Crippen LogP contribution is -2.47. The van der Waals surface area contributed by atoms with Crippen LogP contribution in [0.4, 0.5) is 0 Å². The Morgan fingerprint density at radius 3 is 2.64 bits per heavy atom. The molecule has 2 rings (SSSR count). The third-order valence-corrected chi connectivity index (χ3v) is 4.59. The Morgan fingerprint density at radius 2 is 2.04 bits per heavy atom. The first kappa shape index (κ1) is 21.7. The van der Waals surface area contributed by atoms with E-state index in [1.54, 1.807) is 0 Å². The number of nitrogens with zero attached hydrogens (tertiary/aromatic N) is 1. The van der Waals surface area contributed by atoms with Crippen LogP contribution in [-0.4, -0.2) is 49.7 Å². The molecule has 4 nitrogen and oxygen atoms in total. The molecular weight excluding hydrogens is 336 g/mol. The van der Waals surface area contributed by atoms with E-state index in [1.165, 1.54) is 0 Å². The summed E-state index contributed by atoms with van der Waals surface area (Å²) in [5, 5.41) is 3.40. The summed E-state index contributed by atoms with van der Waals surface area (Å²) in [6.45, 7) is 9.92. The summed E-state index contributed by atoms with van der Waals surface area (Å²) >= 11 is 0. The van der Waals surface area contributed by atoms with Crippen LogP contribution in [0.5, 0.6) is 0 Å². The SMILES string of the molecule is C=CCN(CC1CCNCC1)C(Cc1ccccc1)C(=O)OCC.Cl. The number of carbonyl (C=O) groups is 1. The highest BCUT2D eigenvalue weighted by Gasteiger charge is 2.29. The number of hydrogen-bond donors (Lipinski definition) is 1. The molecule has 1 aromatic rings. The fourth-order valence-electron chi connectivity index (χ4n) is 3.33. The highest BCUT2D eigenvalue weighted by atomic mass is 35.5. The summed E-state index contributed by atoms with van der Waals surface area (Å²) in [7, 11) is 0. The van der Waals surface area contributed by atoms with E-state index in [-0.39, 0.29) is 24.4 Å². The van der Waals surface area contributed by atoms with Gasteiger partial charge in [0.2, 0.25) is 0 Å². The Hall–Kier alpha value is -1.36. The largest absolute Gasteiger partial charge is 0.465 e. The van der Waals surface area contributed by atoms with Crippen LogP contribution in [0.25, 0.3) is 0 Å². The van der Waals surface area contributed by atoms with Crippen LogP contribution in [0.1, 0.15) is 25.3 Å². The Morgan fingerprint density at radius 1 is 1.36 bits per heavy atom. The first-order valence-corrected chi connectivity index (χ1v) is 9.00. The van der Waals surface area contributed by atoms with Gasteiger partial charge in [0.15, 0.2) is 0 Å². The van der Waals surface area contributed by atoms with E-state index in [0.717, 1.165) is 38.0 Å². The number of halogens is 1. The zero-order chi connectivity index (χ0) is 17.2. The minimum atomic E-state index is -0.250. The van der Waals surface area contributed by atoms with E-state index < -0.39 is 0 Å². The second-order valence-electron chi connectivity index (χ2n) is 6.39. The topological polar surface area (TPSA) is 41.6 Å². The van der Waals surface area contributed by atoms with Crippen molar-refractivity contribution in [1.82, 2.24) is 10.2 Å². The first-order chi connectivity index (χ1) is 11.7. The molecule has 1 fully saturated rings. The van der Waals surface area contributed by atoms with Crippen LogP contribution in [0.2, 0.25) is 0 Å². The van der Waals surface area contributed by atoms with Crippen LogP contribution in [0, 0.1) is 5.92 Å². The number of benzene rings is 1. The third-order valence-electron chi connectivity index (χ3n) is 4.59. The average molecular weight is 367 g/mol. The average Bonchev–Trinajstić information content (AvgIpc) is 2.61. The minimum absolute atomic E-state index is 0. The van der Waals surface area contributed by atoms with Crippen LogP contribution in [-0.2, 0) is 16.0 Å². The van der Waals surface area contributed by atoms with Crippen LogP contribution in [0.15, 0.2) is 43.0 Å². The van der Waals surface area contributed by atoms with Gasteiger partial charge in [-0.15, -0.1) is 19.0 Å². The molecule has 0 amide bonds. The molecule has 0 saturated carbocycles. The van der Waals surface area contributed by atoms with Gasteiger partial charge in [-0.1, -0.05) is 36.4 Å². The molecule has 140 valence electrons. The van der Waals surface area contributed by atoms with Gasteiger partial charge in [-0.2, -0.15) is 0 Å². The van der Waals surface area contributed by atoms with Crippen LogP contribution in [0.3, 0.4) is 0 Å². The van der Waals surface area contributed by atoms with Gasteiger partial charge in [-0.3, -0.25) is 9.69 Å². The lowest BCUT2D eigenvalue weighted by atomic mass is 9.95. The summed E-state index contributed by atoms with van der Waals surface area (Å²) in [5.74, 6) is 0.496. The van der Waals surface area contributed by atoms with Gasteiger partial charge < -0.3 is 10.1 Å². The van der Waals surface area contributed by atoms with E-state index in [0.29, 0.717) is 25.5 Å². The first-order valence-electron chi connectivity index (χ1n) is 9.00. The number of ether oxygens (including phenoxy) is 1. The molecule has 1 aliphatic rings. The quantitative estimate of drug-likeness (QED) is 0.538. The van der Waals surface area contributed by atoms with Gasteiger partial charge in [0, 0.05) is 13.1 Å². The molecule has 25 heavy (non-hydrogen) atoms. The molecule has 0 aromatic heterocycles. The predicted octanol–water partition coefficient (Wildman–Crippen LogP) is 3.07. The van der Waals surface area contributed by atoms with Crippen molar-refractivity contribution >= 4 is 18.4 Å². The van der Waals surface area contributed by atoms with Gasteiger partial charge in [0.25, 0.3) is 0 Å². The van der Waals surface area contributed by atoms with Gasteiger partial charge in [-0.05, 0) is 50.8 Å². The summed E-state index contributed by atoms with van der Waals surface area (Å²) in [5.41, 5.74) is 1.16. The minimum Gasteiger partial charge on any atom is -0.465 e. The fourth-order valence-corrected chi connectivity index (χ4v) is 3.33. The van der Waals surface area contributed by atoms with Gasteiger partial charge in [-0.25, -0.2) is 0 Å². The molecule has 0 bridgehead atoms. The van der Waals surface area contributed by atoms with E-state index >= 15 is 0 Å². The van der Waals surface area contributed by atoms with Gasteiger partial charge in [0.1, 0.15) is 6.04 Å². The molecule has 1 aliphatic heterocycles. The maximum atomic E-state index is 12.6. The summed E-state index contributed by atoms with van der Waals surface area (Å²) in [4.78, 5) is 14.8. The zero-order valence-electron chi connectivity index (χ0n) is 15.2. The van der Waals surface area contributed by atoms with Crippen molar-refractivity contribution in [1.29, 1.82) is 0 Å². The Balaban J connectivity index is 0.00000312. The molecule has 0 aliphatic carbocycles. The van der Waals surface area contributed by atoms with Gasteiger partial charge in [0.05, 0.1) is 6.61 Å². The van der Waals surface area contributed by atoms with E-state index in [4.69, 9.17) is 4.74 Å². The molecule has 1 atom stereocenters. The van der Waals surface area contributed by atoms with E-state index in [2.05, 4.69) is 28.9 Å². The molecule has 0 radical (unpaired) electrons. The number of piperidine rings is 1. The standard InChI is InChI=1S/C20H30N2O2.ClH/c1-3-14-22(16-18-10-12-21-13-11-18)19(20(23)24-4-2)15-17-8-6-5-7-9-17;/h3,5-9,18-19,21H,1,4,10-16H2,2H3;1H. The van der Waals surface area contributed by atoms with Crippen molar-refractivity contribution < 1.29 is 9.53 Å². The normalized spacial score (nSPS) is 16.1. The Labute approximate surface area is 158 Å². The van der Waals surface area contributed by atoms with Crippen molar-refractivity contribution in [3.05, 3.63) is 48.6 Å². The molecular formula is C20H31ClN2O2. The Bertz CT molecular complexity index is 504. The summed E-state index contributed by atoms with van der Waals surface area (Å²) in [6, 6.07) is 9.93. The van der Waals surface area contributed by atoms with Gasteiger partial charge >= 0.3 is 5.97 Å². The maximum absolute atomic E-state index is 12.6. The number of carbonyl (C=O) groups excluding carboxylic acids is 1. The van der Waals surface area contributed by atoms with Crippen molar-refractivity contribution in [2.24, 2.45) is 5.92 Å². The Kier molecular flexibility index (Phi) is 10.5. The molecule has 1 heterocycles. The number of esters is 1. The maximum Gasteiger partial charge on any atom is 0.323 e. The smallest absolute Gasteiger partial charge is 0.323 e. The monoisotopic (exact) mass is 366 g/mol. The highest BCUT2D eigenvalue weighted by Crippen LogP contribution is 2.18. The van der Waals surface area contributed by atoms with Crippen molar-refractivity contribution in [3.63, 3.8) is 0 Å². The second kappa shape index (κ2) is 12.1. The molecule has 1 saturated heterocycles. The molecule has 1 aromatic carbocycles. The lowest BCUT2D eigenvalue weighted by molar-refractivity contribution is -0.149. The highest BCUT2D eigenvalue weighted by molar-refractivity contribution is 5.85. The lowest BCUT2D eigenvalue weighted by Gasteiger charge is -2.34. The van der Waals surface area contributed by atoms with E-state index in [1.807, 2.05) is 31.2 Å². The van der Waals surface area contributed by atoms with E-state index in [9.17, 15) is 4.79 Å². The molecule has 1 unspecified atom stereocenters. The van der Waals surface area contributed by atoms with Crippen molar-refractivity contribution in [2.45, 2.75) is 32.2 Å². The summed E-state index contributed by atoms with van der Waals surface area (Å²) < 4.78 is 5.37. The zero-order valence-corrected chi connectivity index (χ0v) is 16.0. The summed E-state index contributed by atoms with van der Waals surface area (Å²) in [6.07, 6.45) is 4.89. The fraction of sp³-hybridized carbons (Fsp3) is 0.550. The molecule has 1 N–H and O–H groups in total. The third kappa shape index (κ3) is 7.18.